The van der Waals surface area contributed by atoms with E-state index in [0.29, 0.717) is 17.9 Å². The van der Waals surface area contributed by atoms with Gasteiger partial charge in [-0.05, 0) is 18.2 Å². The van der Waals surface area contributed by atoms with Crippen molar-refractivity contribution in [1.82, 2.24) is 4.98 Å². The van der Waals surface area contributed by atoms with Crippen molar-refractivity contribution >= 4 is 18.3 Å². The summed E-state index contributed by atoms with van der Waals surface area (Å²) in [4.78, 5) is 15.1. The number of amides is 1. The smallest absolute Gasteiger partial charge is 0.252 e. The van der Waals surface area contributed by atoms with Crippen LogP contribution >= 0.6 is 12.4 Å². The van der Waals surface area contributed by atoms with E-state index in [0.717, 1.165) is 5.56 Å². The molecule has 0 spiro atoms. The number of hydrogen-bond donors (Lipinski definition) is 1. The summed E-state index contributed by atoms with van der Waals surface area (Å²) in [7, 11) is 0. The first kappa shape index (κ1) is 14.0. The number of ether oxygens (including phenoxy) is 1. The van der Waals surface area contributed by atoms with Gasteiger partial charge < -0.3 is 10.5 Å². The van der Waals surface area contributed by atoms with Crippen molar-refractivity contribution in [1.29, 1.82) is 0 Å². The Bertz CT molecular complexity index is 517. The minimum absolute atomic E-state index is 0. The summed E-state index contributed by atoms with van der Waals surface area (Å²) in [6.07, 6.45) is 3.41. The largest absolute Gasteiger partial charge is 0.488 e. The Kier molecular flexibility index (Phi) is 5.14. The maximum absolute atomic E-state index is 11.2. The summed E-state index contributed by atoms with van der Waals surface area (Å²) in [5, 5.41) is 0. The van der Waals surface area contributed by atoms with Crippen molar-refractivity contribution in [2.24, 2.45) is 5.73 Å². The molecule has 0 saturated carbocycles. The number of rotatable bonds is 4. The fourth-order valence-corrected chi connectivity index (χ4v) is 1.44. The second-order valence-electron chi connectivity index (χ2n) is 3.51. The van der Waals surface area contributed by atoms with Crippen LogP contribution in [0.1, 0.15) is 15.9 Å². The molecule has 2 aromatic rings. The highest BCUT2D eigenvalue weighted by Gasteiger charge is 2.07. The van der Waals surface area contributed by atoms with Crippen molar-refractivity contribution in [3.8, 4) is 5.75 Å². The molecule has 0 saturated heterocycles. The molecule has 5 heteroatoms. The lowest BCUT2D eigenvalue weighted by molar-refractivity contribution is 0.0996. The highest BCUT2D eigenvalue weighted by Crippen LogP contribution is 2.18. The van der Waals surface area contributed by atoms with E-state index >= 15 is 0 Å². The lowest BCUT2D eigenvalue weighted by Crippen LogP contribution is -2.12. The van der Waals surface area contributed by atoms with Crippen LogP contribution in [0.3, 0.4) is 0 Å². The molecule has 2 N–H and O–H groups in total. The molecule has 2 rings (SSSR count). The first-order valence-corrected chi connectivity index (χ1v) is 5.18. The molecule has 1 aromatic heterocycles. The van der Waals surface area contributed by atoms with Crippen LogP contribution in [-0.2, 0) is 6.61 Å². The van der Waals surface area contributed by atoms with Crippen molar-refractivity contribution in [2.75, 3.05) is 0 Å². The van der Waals surface area contributed by atoms with Crippen molar-refractivity contribution < 1.29 is 9.53 Å². The lowest BCUT2D eigenvalue weighted by Gasteiger charge is -2.08. The van der Waals surface area contributed by atoms with Crippen LogP contribution in [-0.4, -0.2) is 10.9 Å². The third kappa shape index (κ3) is 3.46. The van der Waals surface area contributed by atoms with E-state index in [4.69, 9.17) is 10.5 Å². The Labute approximate surface area is 111 Å². The second-order valence-corrected chi connectivity index (χ2v) is 3.51. The van der Waals surface area contributed by atoms with E-state index in [1.807, 2.05) is 12.1 Å². The highest BCUT2D eigenvalue weighted by atomic mass is 35.5. The predicted octanol–water partition coefficient (Wildman–Crippen LogP) is 2.18. The molecule has 0 unspecified atom stereocenters. The summed E-state index contributed by atoms with van der Waals surface area (Å²) in [5.74, 6) is -0.00404. The van der Waals surface area contributed by atoms with E-state index in [1.165, 1.54) is 0 Å². The molecule has 18 heavy (non-hydrogen) atoms. The minimum Gasteiger partial charge on any atom is -0.488 e. The number of benzene rings is 1. The van der Waals surface area contributed by atoms with Crippen molar-refractivity contribution in [3.63, 3.8) is 0 Å². The normalized spacial score (nSPS) is 9.33. The monoisotopic (exact) mass is 264 g/mol. The first-order chi connectivity index (χ1) is 8.27. The molecule has 0 atom stereocenters. The zero-order chi connectivity index (χ0) is 12.1. The quantitative estimate of drug-likeness (QED) is 0.920. The number of halogens is 1. The average molecular weight is 265 g/mol. The molecule has 0 bridgehead atoms. The number of hydrogen-bond acceptors (Lipinski definition) is 3. The number of carbonyl (C=O) groups excluding carboxylic acids is 1. The van der Waals surface area contributed by atoms with Gasteiger partial charge in [-0.15, -0.1) is 12.4 Å². The van der Waals surface area contributed by atoms with Crippen molar-refractivity contribution in [2.45, 2.75) is 6.61 Å². The molecule has 0 radical (unpaired) electrons. The number of carbonyl (C=O) groups is 1. The van der Waals surface area contributed by atoms with Gasteiger partial charge in [0, 0.05) is 18.0 Å². The van der Waals surface area contributed by atoms with E-state index in [9.17, 15) is 4.79 Å². The summed E-state index contributed by atoms with van der Waals surface area (Å²) in [6, 6.07) is 10.6. The van der Waals surface area contributed by atoms with E-state index in [2.05, 4.69) is 4.98 Å². The molecule has 0 fully saturated rings. The van der Waals surface area contributed by atoms with Gasteiger partial charge in [0.2, 0.25) is 0 Å². The number of nitrogens with two attached hydrogens (primary N) is 1. The second kappa shape index (κ2) is 6.61. The lowest BCUT2D eigenvalue weighted by atomic mass is 10.2. The summed E-state index contributed by atoms with van der Waals surface area (Å²) in [6.45, 7) is 0.359. The molecule has 0 aliphatic heterocycles. The van der Waals surface area contributed by atoms with Gasteiger partial charge in [0.05, 0.1) is 5.56 Å². The van der Waals surface area contributed by atoms with Gasteiger partial charge in [-0.3, -0.25) is 9.78 Å². The minimum atomic E-state index is -0.494. The fraction of sp³-hybridized carbons (Fsp3) is 0.0769. The summed E-state index contributed by atoms with van der Waals surface area (Å²) < 4.78 is 5.54. The Morgan fingerprint density at radius 3 is 2.67 bits per heavy atom. The van der Waals surface area contributed by atoms with Crippen LogP contribution in [0.25, 0.3) is 0 Å². The standard InChI is InChI=1S/C13H12N2O2.ClH/c14-13(16)11-5-1-2-6-12(11)17-9-10-4-3-7-15-8-10;/h1-8H,9H2,(H2,14,16);1H. The van der Waals surface area contributed by atoms with Crippen molar-refractivity contribution in [3.05, 3.63) is 59.9 Å². The van der Waals surface area contributed by atoms with Crippen LogP contribution in [0.2, 0.25) is 0 Å². The molecule has 94 valence electrons. The Morgan fingerprint density at radius 1 is 1.22 bits per heavy atom. The Hall–Kier alpha value is -2.07. The summed E-state index contributed by atoms with van der Waals surface area (Å²) >= 11 is 0. The van der Waals surface area contributed by atoms with Gasteiger partial charge in [0.15, 0.2) is 0 Å². The zero-order valence-corrected chi connectivity index (χ0v) is 10.4. The maximum atomic E-state index is 11.2. The van der Waals surface area contributed by atoms with Gasteiger partial charge in [0.25, 0.3) is 5.91 Å². The molecule has 1 aromatic carbocycles. The molecule has 0 aliphatic carbocycles. The van der Waals surface area contributed by atoms with Crippen LogP contribution in [0.4, 0.5) is 0 Å². The summed E-state index contributed by atoms with van der Waals surface area (Å²) in [5.41, 5.74) is 6.57. The Morgan fingerprint density at radius 2 is 2.00 bits per heavy atom. The van der Waals surface area contributed by atoms with E-state index < -0.39 is 5.91 Å². The van der Waals surface area contributed by atoms with Crippen LogP contribution in [0.5, 0.6) is 5.75 Å². The van der Waals surface area contributed by atoms with Crippen LogP contribution in [0, 0.1) is 0 Å². The molecule has 1 amide bonds. The third-order valence-electron chi connectivity index (χ3n) is 2.27. The number of aromatic nitrogens is 1. The highest BCUT2D eigenvalue weighted by molar-refractivity contribution is 5.95. The maximum Gasteiger partial charge on any atom is 0.252 e. The molecular formula is C13H13ClN2O2. The van der Waals surface area contributed by atoms with Crippen LogP contribution in [0.15, 0.2) is 48.8 Å². The first-order valence-electron chi connectivity index (χ1n) is 5.18. The number of pyridine rings is 1. The Balaban J connectivity index is 0.00000162. The van der Waals surface area contributed by atoms with Gasteiger partial charge in [-0.2, -0.15) is 0 Å². The van der Waals surface area contributed by atoms with Crippen LogP contribution < -0.4 is 10.5 Å². The SMILES string of the molecule is Cl.NC(=O)c1ccccc1OCc1cccnc1. The average Bonchev–Trinajstić information content (AvgIpc) is 2.38. The van der Waals surface area contributed by atoms with E-state index in [1.54, 1.807) is 36.7 Å². The van der Waals surface area contributed by atoms with Gasteiger partial charge in [-0.25, -0.2) is 0 Å². The predicted molar refractivity (Wildman–Crippen MR) is 70.8 cm³/mol. The van der Waals surface area contributed by atoms with E-state index in [-0.39, 0.29) is 12.4 Å². The van der Waals surface area contributed by atoms with Gasteiger partial charge in [0.1, 0.15) is 12.4 Å². The molecule has 1 heterocycles. The van der Waals surface area contributed by atoms with Gasteiger partial charge >= 0.3 is 0 Å². The fourth-order valence-electron chi connectivity index (χ4n) is 1.44. The number of nitrogens with zero attached hydrogens (tertiary/aromatic N) is 1. The number of para-hydroxylation sites is 1. The van der Waals surface area contributed by atoms with Gasteiger partial charge in [-0.1, -0.05) is 18.2 Å². The number of primary amides is 1. The topological polar surface area (TPSA) is 65.2 Å². The third-order valence-corrected chi connectivity index (χ3v) is 2.27. The molecule has 4 nitrogen and oxygen atoms in total. The molecular weight excluding hydrogens is 252 g/mol. The molecule has 0 aliphatic rings. The zero-order valence-electron chi connectivity index (χ0n) is 9.58.